The van der Waals surface area contributed by atoms with Crippen LogP contribution in [0.25, 0.3) is 0 Å². The molecular formula is C14H23N3O2S. The van der Waals surface area contributed by atoms with E-state index in [9.17, 15) is 4.79 Å². The topological polar surface area (TPSA) is 45.7 Å². The first-order valence-electron chi connectivity index (χ1n) is 6.97. The Hall–Kier alpha value is -1.30. The standard InChI is InChI=1S/C14H23N3O2S/c1-14(2,3)19-13(18)17-8-5-6-11(17)10-16(4)12-15-7-9-20-12/h7,9,11H,5-6,8,10H2,1-4H3/t11-/m1/s1. The molecule has 2 rings (SSSR count). The molecule has 0 radical (unpaired) electrons. The van der Waals surface area contributed by atoms with E-state index >= 15 is 0 Å². The molecule has 0 spiro atoms. The SMILES string of the molecule is CN(C[C@H]1CCCN1C(=O)OC(C)(C)C)c1nccs1. The summed E-state index contributed by atoms with van der Waals surface area (Å²) in [5.74, 6) is 0. The zero-order valence-corrected chi connectivity index (χ0v) is 13.4. The zero-order chi connectivity index (χ0) is 14.8. The number of anilines is 1. The Balaban J connectivity index is 1.95. The molecule has 5 nitrogen and oxygen atoms in total. The largest absolute Gasteiger partial charge is 0.444 e. The zero-order valence-electron chi connectivity index (χ0n) is 12.6. The normalized spacial score (nSPS) is 19.2. The fourth-order valence-electron chi connectivity index (χ4n) is 2.39. The van der Waals surface area contributed by atoms with E-state index in [0.29, 0.717) is 0 Å². The van der Waals surface area contributed by atoms with E-state index in [1.54, 1.807) is 17.5 Å². The lowest BCUT2D eigenvalue weighted by Crippen LogP contribution is -2.44. The van der Waals surface area contributed by atoms with E-state index in [4.69, 9.17) is 4.74 Å². The minimum Gasteiger partial charge on any atom is -0.444 e. The predicted octanol–water partition coefficient (Wildman–Crippen LogP) is 2.98. The summed E-state index contributed by atoms with van der Waals surface area (Å²) < 4.78 is 5.48. The van der Waals surface area contributed by atoms with Crippen molar-refractivity contribution >= 4 is 22.6 Å². The van der Waals surface area contributed by atoms with Gasteiger partial charge in [0.25, 0.3) is 0 Å². The molecule has 1 atom stereocenters. The van der Waals surface area contributed by atoms with Crippen LogP contribution in [0.3, 0.4) is 0 Å². The summed E-state index contributed by atoms with van der Waals surface area (Å²) in [5, 5.41) is 2.95. The molecule has 1 aliphatic heterocycles. The van der Waals surface area contributed by atoms with Gasteiger partial charge in [0.1, 0.15) is 5.60 Å². The summed E-state index contributed by atoms with van der Waals surface area (Å²) in [7, 11) is 2.02. The van der Waals surface area contributed by atoms with Crippen molar-refractivity contribution in [1.82, 2.24) is 9.88 Å². The number of carbonyl (C=O) groups is 1. The molecule has 1 saturated heterocycles. The lowest BCUT2D eigenvalue weighted by molar-refractivity contribution is 0.0232. The third-order valence-corrected chi connectivity index (χ3v) is 4.12. The lowest BCUT2D eigenvalue weighted by Gasteiger charge is -2.30. The first kappa shape index (κ1) is 15.1. The molecule has 6 heteroatoms. The van der Waals surface area contributed by atoms with E-state index in [1.165, 1.54) is 0 Å². The summed E-state index contributed by atoms with van der Waals surface area (Å²) in [6.45, 7) is 7.28. The second-order valence-corrected chi connectivity index (χ2v) is 7.04. The van der Waals surface area contributed by atoms with E-state index in [-0.39, 0.29) is 12.1 Å². The average molecular weight is 297 g/mol. The highest BCUT2D eigenvalue weighted by atomic mass is 32.1. The van der Waals surface area contributed by atoms with Gasteiger partial charge in [0.15, 0.2) is 5.13 Å². The van der Waals surface area contributed by atoms with Crippen molar-refractivity contribution in [1.29, 1.82) is 0 Å². The molecule has 20 heavy (non-hydrogen) atoms. The van der Waals surface area contributed by atoms with Gasteiger partial charge in [-0.15, -0.1) is 11.3 Å². The number of rotatable bonds is 3. The maximum absolute atomic E-state index is 12.2. The number of ether oxygens (including phenoxy) is 1. The Bertz CT molecular complexity index is 442. The van der Waals surface area contributed by atoms with Crippen LogP contribution in [0.15, 0.2) is 11.6 Å². The molecule has 0 N–H and O–H groups in total. The number of hydrogen-bond acceptors (Lipinski definition) is 5. The highest BCUT2D eigenvalue weighted by Gasteiger charge is 2.32. The summed E-state index contributed by atoms with van der Waals surface area (Å²) in [6, 6.07) is 0.207. The first-order chi connectivity index (χ1) is 9.37. The van der Waals surface area contributed by atoms with E-state index < -0.39 is 5.60 Å². The van der Waals surface area contributed by atoms with Crippen molar-refractivity contribution < 1.29 is 9.53 Å². The molecule has 1 aromatic rings. The van der Waals surface area contributed by atoms with Gasteiger partial charge in [-0.1, -0.05) is 0 Å². The Morgan fingerprint density at radius 3 is 2.95 bits per heavy atom. The monoisotopic (exact) mass is 297 g/mol. The third kappa shape index (κ3) is 3.85. The number of aromatic nitrogens is 1. The molecule has 112 valence electrons. The van der Waals surface area contributed by atoms with E-state index in [2.05, 4.69) is 9.88 Å². The maximum Gasteiger partial charge on any atom is 0.410 e. The van der Waals surface area contributed by atoms with E-state index in [1.807, 2.05) is 38.1 Å². The molecule has 0 aromatic carbocycles. The van der Waals surface area contributed by atoms with Crippen molar-refractivity contribution in [3.8, 4) is 0 Å². The number of amides is 1. The highest BCUT2D eigenvalue weighted by Crippen LogP contribution is 2.23. The number of hydrogen-bond donors (Lipinski definition) is 0. The predicted molar refractivity (Wildman–Crippen MR) is 81.3 cm³/mol. The van der Waals surface area contributed by atoms with Gasteiger partial charge in [0.2, 0.25) is 0 Å². The molecule has 0 bridgehead atoms. The molecule has 0 saturated carbocycles. The lowest BCUT2D eigenvalue weighted by atomic mass is 10.2. The van der Waals surface area contributed by atoms with Gasteiger partial charge in [-0.3, -0.25) is 0 Å². The van der Waals surface area contributed by atoms with Crippen LogP contribution in [-0.4, -0.2) is 47.8 Å². The van der Waals surface area contributed by atoms with Crippen molar-refractivity contribution in [3.05, 3.63) is 11.6 Å². The minimum atomic E-state index is -0.439. The molecule has 1 amide bonds. The van der Waals surface area contributed by atoms with Crippen LogP contribution in [-0.2, 0) is 4.74 Å². The average Bonchev–Trinajstić information content (AvgIpc) is 2.96. The Morgan fingerprint density at radius 2 is 2.35 bits per heavy atom. The van der Waals surface area contributed by atoms with Crippen LogP contribution >= 0.6 is 11.3 Å². The number of carbonyl (C=O) groups excluding carboxylic acids is 1. The summed E-state index contributed by atoms with van der Waals surface area (Å²) >= 11 is 1.61. The molecule has 2 heterocycles. The number of likely N-dealkylation sites (N-methyl/N-ethyl adjacent to an activating group) is 1. The van der Waals surface area contributed by atoms with Gasteiger partial charge in [-0.2, -0.15) is 0 Å². The number of likely N-dealkylation sites (tertiary alicyclic amines) is 1. The van der Waals surface area contributed by atoms with Crippen molar-refractivity contribution in [3.63, 3.8) is 0 Å². The summed E-state index contributed by atoms with van der Waals surface area (Å²) in [4.78, 5) is 20.5. The van der Waals surface area contributed by atoms with Crippen LogP contribution < -0.4 is 4.90 Å². The quantitative estimate of drug-likeness (QED) is 0.860. The van der Waals surface area contributed by atoms with Gasteiger partial charge in [0.05, 0.1) is 6.04 Å². The van der Waals surface area contributed by atoms with Gasteiger partial charge >= 0.3 is 6.09 Å². The molecule has 1 fully saturated rings. The third-order valence-electron chi connectivity index (χ3n) is 3.24. The summed E-state index contributed by atoms with van der Waals surface area (Å²) in [6.07, 6.45) is 3.66. The number of thiazole rings is 1. The minimum absolute atomic E-state index is 0.201. The Labute approximate surface area is 124 Å². The molecule has 0 unspecified atom stereocenters. The maximum atomic E-state index is 12.2. The first-order valence-corrected chi connectivity index (χ1v) is 7.85. The van der Waals surface area contributed by atoms with Crippen LogP contribution in [0.4, 0.5) is 9.93 Å². The van der Waals surface area contributed by atoms with Crippen LogP contribution in [0, 0.1) is 0 Å². The fourth-order valence-corrected chi connectivity index (χ4v) is 3.00. The van der Waals surface area contributed by atoms with Crippen molar-refractivity contribution in [2.24, 2.45) is 0 Å². The smallest absolute Gasteiger partial charge is 0.410 e. The Kier molecular flexibility index (Phi) is 4.52. The van der Waals surface area contributed by atoms with Crippen molar-refractivity contribution in [2.75, 3.05) is 25.0 Å². The molecule has 0 aliphatic carbocycles. The molecule has 1 aliphatic rings. The van der Waals surface area contributed by atoms with Gasteiger partial charge in [0, 0.05) is 31.7 Å². The van der Waals surface area contributed by atoms with Crippen LogP contribution in [0.5, 0.6) is 0 Å². The second kappa shape index (κ2) is 5.99. The van der Waals surface area contributed by atoms with Crippen molar-refractivity contribution in [2.45, 2.75) is 45.3 Å². The van der Waals surface area contributed by atoms with Gasteiger partial charge in [-0.05, 0) is 33.6 Å². The number of nitrogens with zero attached hydrogens (tertiary/aromatic N) is 3. The summed E-state index contributed by atoms with van der Waals surface area (Å²) in [5.41, 5.74) is -0.439. The highest BCUT2D eigenvalue weighted by molar-refractivity contribution is 7.13. The van der Waals surface area contributed by atoms with Crippen LogP contribution in [0.2, 0.25) is 0 Å². The van der Waals surface area contributed by atoms with Gasteiger partial charge < -0.3 is 14.5 Å². The fraction of sp³-hybridized carbons (Fsp3) is 0.714. The Morgan fingerprint density at radius 1 is 1.60 bits per heavy atom. The van der Waals surface area contributed by atoms with Gasteiger partial charge in [-0.25, -0.2) is 9.78 Å². The second-order valence-electron chi connectivity index (χ2n) is 6.16. The molecular weight excluding hydrogens is 274 g/mol. The van der Waals surface area contributed by atoms with Crippen LogP contribution in [0.1, 0.15) is 33.6 Å². The molecule has 1 aromatic heterocycles. The van der Waals surface area contributed by atoms with E-state index in [0.717, 1.165) is 31.1 Å².